The van der Waals surface area contributed by atoms with Crippen molar-refractivity contribution in [1.29, 1.82) is 0 Å². The number of nitrogens with zero attached hydrogens (tertiary/aromatic N) is 1. The van der Waals surface area contributed by atoms with Crippen LogP contribution in [-0.4, -0.2) is 57.3 Å². The second kappa shape index (κ2) is 5.14. The lowest BCUT2D eigenvalue weighted by Crippen LogP contribution is -2.72. The van der Waals surface area contributed by atoms with E-state index in [0.29, 0.717) is 6.54 Å². The maximum Gasteiger partial charge on any atom is 0.235 e. The van der Waals surface area contributed by atoms with Crippen molar-refractivity contribution in [2.45, 2.75) is 31.1 Å². The van der Waals surface area contributed by atoms with Gasteiger partial charge in [-0.05, 0) is 5.56 Å². The Kier molecular flexibility index (Phi) is 3.47. The first-order valence-corrected chi connectivity index (χ1v) is 6.60. The molecule has 0 aliphatic carbocycles. The van der Waals surface area contributed by atoms with E-state index in [2.05, 4.69) is 0 Å². The summed E-state index contributed by atoms with van der Waals surface area (Å²) in [6.45, 7) is -0.00336. The van der Waals surface area contributed by atoms with Crippen LogP contribution in [0.25, 0.3) is 0 Å². The van der Waals surface area contributed by atoms with Gasteiger partial charge >= 0.3 is 0 Å². The molecule has 20 heavy (non-hydrogen) atoms. The first-order chi connectivity index (χ1) is 9.63. The molecule has 0 saturated carbocycles. The molecule has 0 radical (unpaired) electrons. The van der Waals surface area contributed by atoms with Gasteiger partial charge in [0.1, 0.15) is 24.4 Å². The normalized spacial score (nSPS) is 36.5. The molecule has 6 heteroatoms. The molecular weight excluding hydrogens is 262 g/mol. The van der Waals surface area contributed by atoms with Gasteiger partial charge in [-0.3, -0.25) is 4.79 Å². The highest BCUT2D eigenvalue weighted by molar-refractivity contribution is 5.86. The number of rotatable bonds is 3. The van der Waals surface area contributed by atoms with Crippen molar-refractivity contribution in [2.24, 2.45) is 5.92 Å². The monoisotopic (exact) mass is 279 g/mol. The SMILES string of the molecule is O=C1[C@@H]2[C@@H](O)[C@H](O)[C@@H](CO)O[C@@H]2N1Cc1ccccc1. The number of carbonyl (C=O) groups excluding carboxylic acids is 1. The van der Waals surface area contributed by atoms with Crippen LogP contribution in [0.4, 0.5) is 0 Å². The lowest BCUT2D eigenvalue weighted by molar-refractivity contribution is -0.278. The third-order valence-electron chi connectivity index (χ3n) is 3.97. The van der Waals surface area contributed by atoms with Crippen molar-refractivity contribution in [1.82, 2.24) is 4.90 Å². The molecule has 1 aromatic rings. The molecule has 108 valence electrons. The summed E-state index contributed by atoms with van der Waals surface area (Å²) in [4.78, 5) is 13.6. The van der Waals surface area contributed by atoms with E-state index >= 15 is 0 Å². The quantitative estimate of drug-likeness (QED) is 0.623. The van der Waals surface area contributed by atoms with Gasteiger partial charge in [0.25, 0.3) is 0 Å². The van der Waals surface area contributed by atoms with Crippen molar-refractivity contribution in [3.8, 4) is 0 Å². The summed E-state index contributed by atoms with van der Waals surface area (Å²) in [7, 11) is 0. The van der Waals surface area contributed by atoms with E-state index in [1.165, 1.54) is 4.90 Å². The fourth-order valence-corrected chi connectivity index (χ4v) is 2.81. The van der Waals surface area contributed by atoms with Crippen LogP contribution in [-0.2, 0) is 16.1 Å². The molecule has 2 heterocycles. The molecule has 3 N–H and O–H groups in total. The summed E-state index contributed by atoms with van der Waals surface area (Å²) < 4.78 is 5.52. The number of carbonyl (C=O) groups is 1. The predicted octanol–water partition coefficient (Wildman–Crippen LogP) is -0.916. The third-order valence-corrected chi connectivity index (χ3v) is 3.97. The van der Waals surface area contributed by atoms with Crippen molar-refractivity contribution in [3.63, 3.8) is 0 Å². The number of β-lactam (4-membered cyclic amide) rings is 1. The zero-order valence-corrected chi connectivity index (χ0v) is 10.8. The molecule has 1 amide bonds. The van der Waals surface area contributed by atoms with Crippen LogP contribution in [0.2, 0.25) is 0 Å². The number of benzene rings is 1. The molecule has 6 nitrogen and oxygen atoms in total. The Morgan fingerprint density at radius 2 is 1.85 bits per heavy atom. The number of hydrogen-bond donors (Lipinski definition) is 3. The highest BCUT2D eigenvalue weighted by Gasteiger charge is 2.58. The standard InChI is InChI=1S/C14H17NO5/c16-7-9-11(17)12(18)10-13(19)15(14(10)20-9)6-8-4-2-1-3-5-8/h1-5,9-12,14,16-18H,6-7H2/t9-,10+,11-,12-,14+/m1/s1. The Hall–Kier alpha value is -1.47. The maximum absolute atomic E-state index is 12.1. The molecule has 3 rings (SSSR count). The predicted molar refractivity (Wildman–Crippen MR) is 68.2 cm³/mol. The van der Waals surface area contributed by atoms with Crippen LogP contribution in [0.15, 0.2) is 30.3 Å². The third kappa shape index (κ3) is 2.01. The number of aliphatic hydroxyl groups excluding tert-OH is 3. The zero-order chi connectivity index (χ0) is 14.3. The van der Waals surface area contributed by atoms with Crippen molar-refractivity contribution >= 4 is 5.91 Å². The van der Waals surface area contributed by atoms with Gasteiger partial charge in [0.05, 0.1) is 12.7 Å². The van der Waals surface area contributed by atoms with E-state index < -0.39 is 37.1 Å². The minimum atomic E-state index is -1.23. The van der Waals surface area contributed by atoms with E-state index in [9.17, 15) is 15.0 Å². The Labute approximate surface area is 116 Å². The average Bonchev–Trinajstić information content (AvgIpc) is 2.48. The topological polar surface area (TPSA) is 90.2 Å². The second-order valence-electron chi connectivity index (χ2n) is 5.21. The molecular formula is C14H17NO5. The average molecular weight is 279 g/mol. The van der Waals surface area contributed by atoms with Crippen LogP contribution >= 0.6 is 0 Å². The lowest BCUT2D eigenvalue weighted by Gasteiger charge is -2.54. The Morgan fingerprint density at radius 3 is 2.50 bits per heavy atom. The van der Waals surface area contributed by atoms with Gasteiger partial charge in [-0.25, -0.2) is 0 Å². The van der Waals surface area contributed by atoms with Crippen LogP contribution in [0.5, 0.6) is 0 Å². The number of likely N-dealkylation sites (tertiary alicyclic amines) is 1. The highest BCUT2D eigenvalue weighted by Crippen LogP contribution is 2.38. The Balaban J connectivity index is 1.74. The van der Waals surface area contributed by atoms with E-state index in [4.69, 9.17) is 9.84 Å². The summed E-state index contributed by atoms with van der Waals surface area (Å²) in [6, 6.07) is 9.46. The maximum atomic E-state index is 12.1. The highest BCUT2D eigenvalue weighted by atomic mass is 16.5. The van der Waals surface area contributed by atoms with Gasteiger partial charge in [0.15, 0.2) is 0 Å². The number of hydrogen-bond acceptors (Lipinski definition) is 5. The van der Waals surface area contributed by atoms with Gasteiger partial charge < -0.3 is 25.0 Å². The van der Waals surface area contributed by atoms with Gasteiger partial charge in [-0.1, -0.05) is 30.3 Å². The van der Waals surface area contributed by atoms with Crippen molar-refractivity contribution < 1.29 is 24.9 Å². The number of ether oxygens (including phenoxy) is 1. The van der Waals surface area contributed by atoms with Crippen LogP contribution < -0.4 is 0 Å². The molecule has 2 aliphatic heterocycles. The van der Waals surface area contributed by atoms with Crippen LogP contribution in [0.1, 0.15) is 5.56 Å². The second-order valence-corrected chi connectivity index (χ2v) is 5.21. The van der Waals surface area contributed by atoms with E-state index in [-0.39, 0.29) is 5.91 Å². The van der Waals surface area contributed by atoms with E-state index in [0.717, 1.165) is 5.56 Å². The first kappa shape index (κ1) is 13.5. The van der Waals surface area contributed by atoms with Crippen molar-refractivity contribution in [3.05, 3.63) is 35.9 Å². The number of aliphatic hydroxyl groups is 3. The Morgan fingerprint density at radius 1 is 1.15 bits per heavy atom. The molecule has 2 aliphatic rings. The van der Waals surface area contributed by atoms with Crippen molar-refractivity contribution in [2.75, 3.05) is 6.61 Å². The van der Waals surface area contributed by atoms with Gasteiger partial charge in [0.2, 0.25) is 5.91 Å². The molecule has 0 aromatic heterocycles. The van der Waals surface area contributed by atoms with E-state index in [1.807, 2.05) is 30.3 Å². The minimum Gasteiger partial charge on any atom is -0.394 e. The minimum absolute atomic E-state index is 0.234. The smallest absolute Gasteiger partial charge is 0.235 e. The van der Waals surface area contributed by atoms with Gasteiger partial charge in [0, 0.05) is 6.54 Å². The van der Waals surface area contributed by atoms with E-state index in [1.54, 1.807) is 0 Å². The Bertz CT molecular complexity index is 494. The van der Waals surface area contributed by atoms with Gasteiger partial charge in [-0.2, -0.15) is 0 Å². The fourth-order valence-electron chi connectivity index (χ4n) is 2.81. The van der Waals surface area contributed by atoms with Crippen LogP contribution in [0, 0.1) is 5.92 Å². The molecule has 0 spiro atoms. The lowest BCUT2D eigenvalue weighted by atomic mass is 9.82. The number of fused-ring (bicyclic) bond motifs is 1. The zero-order valence-electron chi connectivity index (χ0n) is 10.8. The summed E-state index contributed by atoms with van der Waals surface area (Å²) in [6.07, 6.45) is -3.87. The fraction of sp³-hybridized carbons (Fsp3) is 0.500. The number of amides is 1. The molecule has 5 atom stereocenters. The molecule has 0 bridgehead atoms. The summed E-state index contributed by atoms with van der Waals surface area (Å²) >= 11 is 0. The summed E-state index contributed by atoms with van der Waals surface area (Å²) in [5.74, 6) is -0.974. The molecule has 2 fully saturated rings. The molecule has 2 saturated heterocycles. The largest absolute Gasteiger partial charge is 0.394 e. The summed E-state index contributed by atoms with van der Waals surface area (Å²) in [5, 5.41) is 28.8. The van der Waals surface area contributed by atoms with Crippen LogP contribution in [0.3, 0.4) is 0 Å². The molecule has 1 aromatic carbocycles. The van der Waals surface area contributed by atoms with Gasteiger partial charge in [-0.15, -0.1) is 0 Å². The molecule has 0 unspecified atom stereocenters. The summed E-state index contributed by atoms with van der Waals surface area (Å²) in [5.41, 5.74) is 0.962. The first-order valence-electron chi connectivity index (χ1n) is 6.60.